The Kier molecular flexibility index (Phi) is 2.91. The van der Waals surface area contributed by atoms with Crippen LogP contribution in [0.1, 0.15) is 13.8 Å². The van der Waals surface area contributed by atoms with Crippen molar-refractivity contribution in [3.63, 3.8) is 0 Å². The second kappa shape index (κ2) is 4.35. The van der Waals surface area contributed by atoms with Gasteiger partial charge in [0.05, 0.1) is 6.20 Å². The van der Waals surface area contributed by atoms with Crippen LogP contribution in [-0.4, -0.2) is 21.0 Å². The molecule has 0 amide bonds. The second-order valence-corrected chi connectivity index (χ2v) is 4.29. The summed E-state index contributed by atoms with van der Waals surface area (Å²) in [4.78, 5) is 12.6. The lowest BCUT2D eigenvalue weighted by molar-refractivity contribution is 0.896. The number of aromatic nitrogens is 3. The van der Waals surface area contributed by atoms with Crippen LogP contribution in [0.15, 0.2) is 24.0 Å². The lowest BCUT2D eigenvalue weighted by Gasteiger charge is -2.04. The highest BCUT2D eigenvalue weighted by atomic mass is 32.1. The van der Waals surface area contributed by atoms with E-state index in [1.165, 1.54) is 0 Å². The van der Waals surface area contributed by atoms with Gasteiger partial charge in [-0.1, -0.05) is 0 Å². The number of nitrogens with one attached hydrogen (secondary N) is 1. The fourth-order valence-corrected chi connectivity index (χ4v) is 1.99. The molecule has 0 spiro atoms. The Balaban J connectivity index is 2.21. The third-order valence-electron chi connectivity index (χ3n) is 1.74. The molecule has 2 rings (SSSR count). The van der Waals surface area contributed by atoms with E-state index in [0.717, 1.165) is 16.5 Å². The van der Waals surface area contributed by atoms with Crippen molar-refractivity contribution in [2.75, 3.05) is 5.32 Å². The molecule has 0 unspecified atom stereocenters. The molecule has 0 saturated carbocycles. The van der Waals surface area contributed by atoms with E-state index in [0.29, 0.717) is 6.04 Å². The Labute approximate surface area is 92.4 Å². The van der Waals surface area contributed by atoms with Crippen molar-refractivity contribution < 1.29 is 0 Å². The molecule has 0 atom stereocenters. The minimum Gasteiger partial charge on any atom is -0.359 e. The molecule has 0 aliphatic carbocycles. The standard InChI is InChI=1S/C10H12N4S/c1-7(2)13-10-14-9(6-15-10)8-5-11-3-4-12-8/h3-7H,1-2H3,(H,13,14). The van der Waals surface area contributed by atoms with Crippen molar-refractivity contribution in [1.29, 1.82) is 0 Å². The van der Waals surface area contributed by atoms with Crippen LogP contribution < -0.4 is 5.32 Å². The van der Waals surface area contributed by atoms with Crippen molar-refractivity contribution in [3.8, 4) is 11.4 Å². The van der Waals surface area contributed by atoms with Crippen LogP contribution in [0.5, 0.6) is 0 Å². The molecular formula is C10H12N4S. The van der Waals surface area contributed by atoms with Crippen molar-refractivity contribution in [2.24, 2.45) is 0 Å². The van der Waals surface area contributed by atoms with E-state index in [-0.39, 0.29) is 0 Å². The van der Waals surface area contributed by atoms with Crippen LogP contribution in [0.4, 0.5) is 5.13 Å². The average Bonchev–Trinajstić information content (AvgIpc) is 2.67. The van der Waals surface area contributed by atoms with E-state index in [9.17, 15) is 0 Å². The van der Waals surface area contributed by atoms with Crippen molar-refractivity contribution in [1.82, 2.24) is 15.0 Å². The average molecular weight is 220 g/mol. The Morgan fingerprint density at radius 2 is 2.13 bits per heavy atom. The molecule has 78 valence electrons. The van der Waals surface area contributed by atoms with Gasteiger partial charge in [0.25, 0.3) is 0 Å². The van der Waals surface area contributed by atoms with Crippen LogP contribution in [0, 0.1) is 0 Å². The summed E-state index contributed by atoms with van der Waals surface area (Å²) in [5.41, 5.74) is 1.68. The van der Waals surface area contributed by atoms with Crippen molar-refractivity contribution >= 4 is 16.5 Å². The molecule has 2 aromatic rings. The minimum absolute atomic E-state index is 0.394. The van der Waals surface area contributed by atoms with Gasteiger partial charge in [-0.2, -0.15) is 0 Å². The molecule has 1 N–H and O–H groups in total. The number of anilines is 1. The summed E-state index contributed by atoms with van der Waals surface area (Å²) in [6, 6.07) is 0.394. The Morgan fingerprint density at radius 3 is 2.80 bits per heavy atom. The fourth-order valence-electron chi connectivity index (χ4n) is 1.14. The Morgan fingerprint density at radius 1 is 1.27 bits per heavy atom. The molecule has 0 aliphatic heterocycles. The van der Waals surface area contributed by atoms with Gasteiger partial charge in [0.2, 0.25) is 0 Å². The quantitative estimate of drug-likeness (QED) is 0.863. The van der Waals surface area contributed by atoms with Crippen LogP contribution in [0.3, 0.4) is 0 Å². The molecule has 2 aromatic heterocycles. The lowest BCUT2D eigenvalue weighted by atomic mass is 10.4. The first-order chi connectivity index (χ1) is 7.25. The third-order valence-corrected chi connectivity index (χ3v) is 2.52. The lowest BCUT2D eigenvalue weighted by Crippen LogP contribution is -2.09. The number of thiazole rings is 1. The molecule has 15 heavy (non-hydrogen) atoms. The summed E-state index contributed by atoms with van der Waals surface area (Å²) in [6.07, 6.45) is 5.04. The van der Waals surface area contributed by atoms with Gasteiger partial charge in [-0.3, -0.25) is 9.97 Å². The summed E-state index contributed by atoms with van der Waals surface area (Å²) < 4.78 is 0. The van der Waals surface area contributed by atoms with Crippen LogP contribution in [0.2, 0.25) is 0 Å². The fraction of sp³-hybridized carbons (Fsp3) is 0.300. The maximum atomic E-state index is 4.43. The van der Waals surface area contributed by atoms with Gasteiger partial charge in [-0.15, -0.1) is 11.3 Å². The summed E-state index contributed by atoms with van der Waals surface area (Å²) in [5, 5.41) is 6.16. The third kappa shape index (κ3) is 2.50. The second-order valence-electron chi connectivity index (χ2n) is 3.43. The first kappa shape index (κ1) is 10.0. The molecule has 0 radical (unpaired) electrons. The van der Waals surface area contributed by atoms with Crippen molar-refractivity contribution in [3.05, 3.63) is 24.0 Å². The molecule has 0 fully saturated rings. The normalized spacial score (nSPS) is 10.6. The highest BCUT2D eigenvalue weighted by Gasteiger charge is 2.05. The number of nitrogens with zero attached hydrogens (tertiary/aromatic N) is 3. The largest absolute Gasteiger partial charge is 0.359 e. The predicted molar refractivity (Wildman–Crippen MR) is 61.9 cm³/mol. The van der Waals surface area contributed by atoms with Gasteiger partial charge in [0.15, 0.2) is 5.13 Å². The first-order valence-electron chi connectivity index (χ1n) is 4.74. The van der Waals surface area contributed by atoms with Crippen molar-refractivity contribution in [2.45, 2.75) is 19.9 Å². The van der Waals surface area contributed by atoms with Gasteiger partial charge in [0.1, 0.15) is 11.4 Å². The van der Waals surface area contributed by atoms with Crippen LogP contribution in [-0.2, 0) is 0 Å². The zero-order valence-corrected chi connectivity index (χ0v) is 9.45. The number of hydrogen-bond donors (Lipinski definition) is 1. The maximum Gasteiger partial charge on any atom is 0.183 e. The van der Waals surface area contributed by atoms with Gasteiger partial charge in [-0.05, 0) is 13.8 Å². The van der Waals surface area contributed by atoms with E-state index < -0.39 is 0 Å². The molecule has 5 heteroatoms. The van der Waals surface area contributed by atoms with Gasteiger partial charge in [-0.25, -0.2) is 4.98 Å². The summed E-state index contributed by atoms with van der Waals surface area (Å²) in [6.45, 7) is 4.17. The zero-order valence-electron chi connectivity index (χ0n) is 8.64. The number of rotatable bonds is 3. The predicted octanol–water partition coefficient (Wildman–Crippen LogP) is 2.42. The van der Waals surface area contributed by atoms with Crippen LogP contribution in [0.25, 0.3) is 11.4 Å². The van der Waals surface area contributed by atoms with Gasteiger partial charge < -0.3 is 5.32 Å². The van der Waals surface area contributed by atoms with E-state index in [2.05, 4.69) is 34.1 Å². The minimum atomic E-state index is 0.394. The summed E-state index contributed by atoms with van der Waals surface area (Å²) in [5.74, 6) is 0. The summed E-state index contributed by atoms with van der Waals surface area (Å²) in [7, 11) is 0. The summed E-state index contributed by atoms with van der Waals surface area (Å²) >= 11 is 1.58. The molecule has 4 nitrogen and oxygen atoms in total. The monoisotopic (exact) mass is 220 g/mol. The highest BCUT2D eigenvalue weighted by molar-refractivity contribution is 7.14. The number of hydrogen-bond acceptors (Lipinski definition) is 5. The molecule has 2 heterocycles. The van der Waals surface area contributed by atoms with Crippen LogP contribution >= 0.6 is 11.3 Å². The molecule has 0 bridgehead atoms. The highest BCUT2D eigenvalue weighted by Crippen LogP contribution is 2.22. The topological polar surface area (TPSA) is 50.7 Å². The maximum absolute atomic E-state index is 4.43. The van der Waals surface area contributed by atoms with Gasteiger partial charge in [0, 0.05) is 23.8 Å². The molecule has 0 aromatic carbocycles. The molecule has 0 aliphatic rings. The SMILES string of the molecule is CC(C)Nc1nc(-c2cnccn2)cs1. The van der Waals surface area contributed by atoms with E-state index in [1.807, 2.05) is 5.38 Å². The molecule has 0 saturated heterocycles. The van der Waals surface area contributed by atoms with E-state index >= 15 is 0 Å². The smallest absolute Gasteiger partial charge is 0.183 e. The Hall–Kier alpha value is -1.49. The Bertz CT molecular complexity index is 424. The van der Waals surface area contributed by atoms with E-state index in [4.69, 9.17) is 0 Å². The first-order valence-corrected chi connectivity index (χ1v) is 5.62. The molecular weight excluding hydrogens is 208 g/mol. The zero-order chi connectivity index (χ0) is 10.7. The van der Waals surface area contributed by atoms with Gasteiger partial charge >= 0.3 is 0 Å². The van der Waals surface area contributed by atoms with E-state index in [1.54, 1.807) is 29.9 Å².